The van der Waals surface area contributed by atoms with Gasteiger partial charge in [-0.25, -0.2) is 8.78 Å². The van der Waals surface area contributed by atoms with Crippen LogP contribution in [0.4, 0.5) is 8.78 Å². The molecule has 0 N–H and O–H groups in total. The van der Waals surface area contributed by atoms with Crippen molar-refractivity contribution in [2.45, 2.75) is 25.8 Å². The van der Waals surface area contributed by atoms with Gasteiger partial charge in [0.25, 0.3) is 0 Å². The Kier molecular flexibility index (Phi) is 4.61. The van der Waals surface area contributed by atoms with Crippen molar-refractivity contribution in [1.29, 1.82) is 0 Å². The van der Waals surface area contributed by atoms with Gasteiger partial charge in [-0.3, -0.25) is 9.78 Å². The summed E-state index contributed by atoms with van der Waals surface area (Å²) in [6.45, 7) is 2.92. The maximum atomic E-state index is 13.7. The minimum absolute atomic E-state index is 0.00517. The number of carbonyl (C=O) groups excluding carboxylic acids is 1. The molecule has 1 aromatic heterocycles. The van der Waals surface area contributed by atoms with Gasteiger partial charge in [0, 0.05) is 37.8 Å². The van der Waals surface area contributed by atoms with Gasteiger partial charge in [0.15, 0.2) is 0 Å². The molecule has 0 saturated carbocycles. The molecular weight excluding hydrogens is 413 g/mol. The summed E-state index contributed by atoms with van der Waals surface area (Å²) in [6, 6.07) is 4.56. The zero-order chi connectivity index (χ0) is 16.6. The van der Waals surface area contributed by atoms with Crippen molar-refractivity contribution in [2.75, 3.05) is 6.54 Å². The van der Waals surface area contributed by atoms with Gasteiger partial charge in [0.05, 0.1) is 3.57 Å². The predicted molar refractivity (Wildman–Crippen MR) is 90.8 cm³/mol. The fraction of sp³-hybridized carbons (Fsp3) is 0.294. The molecule has 3 nitrogen and oxygen atoms in total. The maximum absolute atomic E-state index is 13.7. The number of aromatic nitrogens is 1. The number of carbonyl (C=O) groups is 1. The van der Waals surface area contributed by atoms with Crippen LogP contribution in [0.2, 0.25) is 0 Å². The van der Waals surface area contributed by atoms with E-state index in [4.69, 9.17) is 0 Å². The molecule has 0 spiro atoms. The van der Waals surface area contributed by atoms with E-state index in [-0.39, 0.29) is 21.8 Å². The van der Waals surface area contributed by atoms with Crippen LogP contribution in [0.25, 0.3) is 0 Å². The molecule has 0 aliphatic carbocycles. The first-order valence-corrected chi connectivity index (χ1v) is 8.35. The Morgan fingerprint density at radius 2 is 2.04 bits per heavy atom. The third-order valence-electron chi connectivity index (χ3n) is 4.19. The molecule has 1 amide bonds. The van der Waals surface area contributed by atoms with Gasteiger partial charge in [-0.1, -0.05) is 0 Å². The van der Waals surface area contributed by atoms with E-state index in [9.17, 15) is 13.6 Å². The van der Waals surface area contributed by atoms with E-state index in [1.807, 2.05) is 13.0 Å². The Morgan fingerprint density at radius 1 is 1.35 bits per heavy atom. The van der Waals surface area contributed by atoms with E-state index in [1.165, 1.54) is 12.1 Å². The standard InChI is InChI=1S/C17H15F2IN2O/c1-10-7-21-3-2-11(10)8-22-9-13(6-16(22)23)12-4-14(18)17(20)15(19)5-12/h2-5,7,13H,6,8-9H2,1H3. The summed E-state index contributed by atoms with van der Waals surface area (Å²) in [6.07, 6.45) is 3.74. The molecule has 1 fully saturated rings. The van der Waals surface area contributed by atoms with Crippen molar-refractivity contribution in [1.82, 2.24) is 9.88 Å². The molecule has 1 saturated heterocycles. The molecule has 1 aromatic carbocycles. The highest BCUT2D eigenvalue weighted by atomic mass is 127. The van der Waals surface area contributed by atoms with Crippen LogP contribution in [-0.4, -0.2) is 22.3 Å². The van der Waals surface area contributed by atoms with Crippen LogP contribution in [0.15, 0.2) is 30.6 Å². The molecule has 0 bridgehead atoms. The van der Waals surface area contributed by atoms with Crippen molar-refractivity contribution in [3.63, 3.8) is 0 Å². The van der Waals surface area contributed by atoms with E-state index in [2.05, 4.69) is 4.98 Å². The summed E-state index contributed by atoms with van der Waals surface area (Å²) in [5, 5.41) is 0. The number of pyridine rings is 1. The molecule has 0 radical (unpaired) electrons. The van der Waals surface area contributed by atoms with E-state index in [0.717, 1.165) is 11.1 Å². The van der Waals surface area contributed by atoms with Crippen LogP contribution < -0.4 is 0 Å². The minimum atomic E-state index is -0.573. The summed E-state index contributed by atoms with van der Waals surface area (Å²) >= 11 is 1.64. The van der Waals surface area contributed by atoms with Gasteiger partial charge in [-0.2, -0.15) is 0 Å². The molecule has 3 rings (SSSR count). The number of halogens is 3. The number of nitrogens with zero attached hydrogens (tertiary/aromatic N) is 2. The predicted octanol–water partition coefficient (Wildman–Crippen LogP) is 3.79. The first-order chi connectivity index (χ1) is 11.0. The molecule has 1 aliphatic rings. The summed E-state index contributed by atoms with van der Waals surface area (Å²) in [5.41, 5.74) is 2.60. The van der Waals surface area contributed by atoms with Crippen LogP contribution in [0.1, 0.15) is 29.0 Å². The number of hydrogen-bond acceptors (Lipinski definition) is 2. The third kappa shape index (κ3) is 3.36. The normalized spacial score (nSPS) is 17.8. The quantitative estimate of drug-likeness (QED) is 0.551. The summed E-state index contributed by atoms with van der Waals surface area (Å²) in [7, 11) is 0. The molecule has 1 atom stereocenters. The molecule has 23 heavy (non-hydrogen) atoms. The summed E-state index contributed by atoms with van der Waals surface area (Å²) < 4.78 is 27.5. The Morgan fingerprint density at radius 3 is 2.70 bits per heavy atom. The highest BCUT2D eigenvalue weighted by Gasteiger charge is 2.31. The van der Waals surface area contributed by atoms with E-state index >= 15 is 0 Å². The van der Waals surface area contributed by atoms with Crippen LogP contribution in [0.3, 0.4) is 0 Å². The molecule has 1 unspecified atom stereocenters. The zero-order valence-electron chi connectivity index (χ0n) is 12.5. The third-order valence-corrected chi connectivity index (χ3v) is 5.22. The zero-order valence-corrected chi connectivity index (χ0v) is 14.7. The molecule has 6 heteroatoms. The number of aryl methyl sites for hydroxylation is 1. The first kappa shape index (κ1) is 16.3. The van der Waals surface area contributed by atoms with Gasteiger partial charge < -0.3 is 4.90 Å². The number of rotatable bonds is 3. The second-order valence-corrected chi connectivity index (χ2v) is 6.85. The fourth-order valence-corrected chi connectivity index (χ4v) is 3.16. The summed E-state index contributed by atoms with van der Waals surface area (Å²) in [5.74, 6) is -1.32. The molecule has 1 aliphatic heterocycles. The van der Waals surface area contributed by atoms with Crippen molar-refractivity contribution >= 4 is 28.5 Å². The highest BCUT2D eigenvalue weighted by molar-refractivity contribution is 14.1. The molecule has 2 heterocycles. The smallest absolute Gasteiger partial charge is 0.223 e. The Bertz CT molecular complexity index is 743. The van der Waals surface area contributed by atoms with Gasteiger partial charge in [-0.05, 0) is 64.4 Å². The van der Waals surface area contributed by atoms with Crippen molar-refractivity contribution < 1.29 is 13.6 Å². The molecule has 120 valence electrons. The lowest BCUT2D eigenvalue weighted by Crippen LogP contribution is -2.24. The van der Waals surface area contributed by atoms with Crippen LogP contribution in [-0.2, 0) is 11.3 Å². The number of hydrogen-bond donors (Lipinski definition) is 0. The monoisotopic (exact) mass is 428 g/mol. The van der Waals surface area contributed by atoms with Gasteiger partial charge in [-0.15, -0.1) is 0 Å². The summed E-state index contributed by atoms with van der Waals surface area (Å²) in [4.78, 5) is 18.0. The molecular formula is C17H15F2IN2O. The van der Waals surface area contributed by atoms with Gasteiger partial charge >= 0.3 is 0 Å². The van der Waals surface area contributed by atoms with Crippen molar-refractivity contribution in [2.24, 2.45) is 0 Å². The van der Waals surface area contributed by atoms with Crippen LogP contribution >= 0.6 is 22.6 Å². The lowest BCUT2D eigenvalue weighted by atomic mass is 9.98. The van der Waals surface area contributed by atoms with E-state index < -0.39 is 11.6 Å². The van der Waals surface area contributed by atoms with Gasteiger partial charge in [0.1, 0.15) is 11.6 Å². The maximum Gasteiger partial charge on any atom is 0.223 e. The number of benzene rings is 1. The van der Waals surface area contributed by atoms with Gasteiger partial charge in [0.2, 0.25) is 5.91 Å². The minimum Gasteiger partial charge on any atom is -0.338 e. The largest absolute Gasteiger partial charge is 0.338 e. The average molecular weight is 428 g/mol. The SMILES string of the molecule is Cc1cnccc1CN1CC(c2cc(F)c(I)c(F)c2)CC1=O. The molecule has 2 aromatic rings. The lowest BCUT2D eigenvalue weighted by molar-refractivity contribution is -0.128. The Labute approximate surface area is 146 Å². The Hall–Kier alpha value is -1.57. The second-order valence-electron chi connectivity index (χ2n) is 5.78. The number of likely N-dealkylation sites (tertiary alicyclic amines) is 1. The van der Waals surface area contributed by atoms with Crippen LogP contribution in [0.5, 0.6) is 0 Å². The number of amides is 1. The average Bonchev–Trinajstić information content (AvgIpc) is 2.88. The Balaban J connectivity index is 1.79. The van der Waals surface area contributed by atoms with Crippen LogP contribution in [0, 0.1) is 22.1 Å². The lowest BCUT2D eigenvalue weighted by Gasteiger charge is -2.18. The van der Waals surface area contributed by atoms with Crippen molar-refractivity contribution in [3.8, 4) is 0 Å². The highest BCUT2D eigenvalue weighted by Crippen LogP contribution is 2.31. The topological polar surface area (TPSA) is 33.2 Å². The fourth-order valence-electron chi connectivity index (χ4n) is 2.84. The van der Waals surface area contributed by atoms with E-state index in [0.29, 0.717) is 18.7 Å². The first-order valence-electron chi connectivity index (χ1n) is 7.27. The van der Waals surface area contributed by atoms with E-state index in [1.54, 1.807) is 39.9 Å². The second kappa shape index (κ2) is 6.51. The van der Waals surface area contributed by atoms with Crippen molar-refractivity contribution in [3.05, 3.63) is 62.5 Å².